The van der Waals surface area contributed by atoms with Crippen LogP contribution in [0.25, 0.3) is 5.32 Å². The molecule has 195 valence electrons. The van der Waals surface area contributed by atoms with Crippen LogP contribution >= 0.6 is 15.8 Å². The van der Waals surface area contributed by atoms with Crippen molar-refractivity contribution in [1.82, 2.24) is 0 Å². The van der Waals surface area contributed by atoms with Crippen LogP contribution in [0.5, 0.6) is 0 Å². The average Bonchev–Trinajstić information content (AvgIpc) is 2.89. The molecule has 1 nitrogen and oxygen atoms in total. The van der Waals surface area contributed by atoms with Gasteiger partial charge in [-0.15, -0.1) is 21.2 Å². The summed E-state index contributed by atoms with van der Waals surface area (Å²) >= 11 is 0. The van der Waals surface area contributed by atoms with Gasteiger partial charge in [-0.25, -0.2) is 0 Å². The van der Waals surface area contributed by atoms with E-state index in [1.54, 1.807) is 0 Å². The minimum atomic E-state index is -0.861. The van der Waals surface area contributed by atoms with Gasteiger partial charge in [-0.05, 0) is 49.4 Å². The maximum atomic E-state index is 4.99. The average molecular weight is 587 g/mol. The van der Waals surface area contributed by atoms with Gasteiger partial charge in [0.15, 0.2) is 0 Å². The van der Waals surface area contributed by atoms with E-state index in [2.05, 4.69) is 148 Å². The first kappa shape index (κ1) is 31.6. The predicted octanol–water partition coefficient (Wildman–Crippen LogP) is 7.32. The van der Waals surface area contributed by atoms with Crippen molar-refractivity contribution < 1.29 is 16.8 Å². The Balaban J connectivity index is 0.000000734. The Bertz CT molecular complexity index is 937. The first-order valence-electron chi connectivity index (χ1n) is 12.7. The smallest absolute Gasteiger partial charge is 0.662 e. The molecular formula is C32H39CoNP2Si. The van der Waals surface area contributed by atoms with Crippen molar-refractivity contribution in [3.8, 4) is 0 Å². The third kappa shape index (κ3) is 12.2. The van der Waals surface area contributed by atoms with Crippen molar-refractivity contribution in [2.45, 2.75) is 19.6 Å². The van der Waals surface area contributed by atoms with Gasteiger partial charge in [0.25, 0.3) is 0 Å². The monoisotopic (exact) mass is 586 g/mol. The Kier molecular flexibility index (Phi) is 14.6. The van der Waals surface area contributed by atoms with E-state index in [1.807, 2.05) is 0 Å². The molecule has 0 spiro atoms. The fraction of sp³-hybridized carbons (Fsp3) is 0.219. The van der Waals surface area contributed by atoms with E-state index in [0.717, 1.165) is 25.4 Å². The van der Waals surface area contributed by atoms with E-state index in [9.17, 15) is 0 Å². The molecule has 4 aromatic carbocycles. The summed E-state index contributed by atoms with van der Waals surface area (Å²) in [6.07, 6.45) is 2.22. The summed E-state index contributed by atoms with van der Waals surface area (Å²) in [5, 5.41) is 10.7. The van der Waals surface area contributed by atoms with Crippen molar-refractivity contribution in [1.29, 1.82) is 0 Å². The molecule has 0 N–H and O–H groups in total. The van der Waals surface area contributed by atoms with Gasteiger partial charge in [0.05, 0.1) is 0 Å². The minimum Gasteiger partial charge on any atom is -0.662 e. The summed E-state index contributed by atoms with van der Waals surface area (Å²) in [5.74, 6) is 0. The van der Waals surface area contributed by atoms with Crippen molar-refractivity contribution in [2.75, 3.05) is 25.4 Å². The van der Waals surface area contributed by atoms with E-state index in [1.165, 1.54) is 21.2 Å². The van der Waals surface area contributed by atoms with Crippen molar-refractivity contribution >= 4 is 45.1 Å². The largest absolute Gasteiger partial charge is 2.00 e. The maximum absolute atomic E-state index is 4.99. The molecule has 5 heteroatoms. The van der Waals surface area contributed by atoms with Gasteiger partial charge in [0.2, 0.25) is 0 Å². The summed E-state index contributed by atoms with van der Waals surface area (Å²) in [4.78, 5) is 0. The van der Waals surface area contributed by atoms with E-state index < -0.39 is 8.07 Å². The van der Waals surface area contributed by atoms with Crippen LogP contribution in [0.4, 0.5) is 0 Å². The normalized spacial score (nSPS) is 11.0. The van der Waals surface area contributed by atoms with Gasteiger partial charge < -0.3 is 11.9 Å². The van der Waals surface area contributed by atoms with Gasteiger partial charge in [0.1, 0.15) is 0 Å². The van der Waals surface area contributed by atoms with Crippen molar-refractivity contribution in [3.05, 3.63) is 133 Å². The molecule has 0 aliphatic heterocycles. The Morgan fingerprint density at radius 2 is 0.730 bits per heavy atom. The maximum Gasteiger partial charge on any atom is 2.00 e. The first-order valence-corrected chi connectivity index (χ1v) is 19.4. The van der Waals surface area contributed by atoms with Gasteiger partial charge >= 0.3 is 16.8 Å². The molecule has 0 fully saturated rings. The van der Waals surface area contributed by atoms with Crippen LogP contribution in [0, 0.1) is 6.55 Å². The topological polar surface area (TPSA) is 14.1 Å². The standard InChI is InChI=1S/C28H28NP2.C4H11Si.Co/c1-5-13-25(14-6-1)30(26-15-7-2-8-16-26)23-21-29-22-24-31(27-17-9-3-10-18-27)28-19-11-4-12-20-28;1-5(2,3)4;/h1-20H,21-24H2;1H2,2-4H3;/q2*-1;+2. The van der Waals surface area contributed by atoms with Crippen molar-refractivity contribution in [3.63, 3.8) is 0 Å². The van der Waals surface area contributed by atoms with Crippen LogP contribution in [-0.4, -0.2) is 33.5 Å². The Hall–Kier alpha value is -1.58. The zero-order valence-electron chi connectivity index (χ0n) is 22.3. The second-order valence-corrected chi connectivity index (χ2v) is 19.7. The molecular weight excluding hydrogens is 547 g/mol. The summed E-state index contributed by atoms with van der Waals surface area (Å²) < 4.78 is 0. The molecule has 0 saturated heterocycles. The van der Waals surface area contributed by atoms with Gasteiger partial charge in [0, 0.05) is 0 Å². The van der Waals surface area contributed by atoms with Crippen LogP contribution in [0.3, 0.4) is 0 Å². The molecule has 0 heterocycles. The fourth-order valence-electron chi connectivity index (χ4n) is 3.70. The molecule has 0 bridgehead atoms. The molecule has 4 rings (SSSR count). The molecule has 0 amide bonds. The van der Waals surface area contributed by atoms with E-state index >= 15 is 0 Å². The zero-order valence-corrected chi connectivity index (χ0v) is 26.1. The van der Waals surface area contributed by atoms with E-state index in [4.69, 9.17) is 5.32 Å². The summed E-state index contributed by atoms with van der Waals surface area (Å²) in [6, 6.07) is 43.7. The summed E-state index contributed by atoms with van der Waals surface area (Å²) in [5.41, 5.74) is 0. The molecule has 0 aliphatic carbocycles. The molecule has 0 aromatic heterocycles. The molecule has 0 saturated carbocycles. The minimum absolute atomic E-state index is 0. The zero-order chi connectivity index (χ0) is 25.6. The molecule has 4 aromatic rings. The third-order valence-corrected chi connectivity index (χ3v) is 10.2. The second-order valence-electron chi connectivity index (χ2n) is 9.88. The second kappa shape index (κ2) is 17.1. The number of nitrogens with zero attached hydrogens (tertiary/aromatic N) is 1. The number of rotatable bonds is 10. The van der Waals surface area contributed by atoms with Gasteiger partial charge in [-0.3, -0.25) is 0 Å². The fourth-order valence-corrected chi connectivity index (χ4v) is 8.14. The predicted molar refractivity (Wildman–Crippen MR) is 170 cm³/mol. The quantitative estimate of drug-likeness (QED) is 0.0801. The number of hydrogen-bond acceptors (Lipinski definition) is 0. The molecule has 0 aliphatic rings. The van der Waals surface area contributed by atoms with Crippen LogP contribution in [-0.2, 0) is 16.8 Å². The SMILES string of the molecule is [CH2-][Si](C)(C)C.[Co+2].c1ccc(P(CC[N-]CCP(c2ccccc2)c2ccccc2)c2ccccc2)cc1. The Labute approximate surface area is 239 Å². The third-order valence-electron chi connectivity index (χ3n) is 5.23. The van der Waals surface area contributed by atoms with Crippen LogP contribution in [0.15, 0.2) is 121 Å². The van der Waals surface area contributed by atoms with Crippen LogP contribution in [0.1, 0.15) is 0 Å². The summed E-state index contributed by atoms with van der Waals surface area (Å²) in [6.45, 7) is 12.4. The Morgan fingerprint density at radius 3 is 0.946 bits per heavy atom. The number of benzene rings is 4. The van der Waals surface area contributed by atoms with Crippen LogP contribution in [0.2, 0.25) is 19.6 Å². The molecule has 1 radical (unpaired) electrons. The van der Waals surface area contributed by atoms with E-state index in [0.29, 0.717) is 0 Å². The first-order chi connectivity index (χ1) is 17.4. The van der Waals surface area contributed by atoms with Crippen molar-refractivity contribution in [2.24, 2.45) is 0 Å². The van der Waals surface area contributed by atoms with Gasteiger partial charge in [-0.2, -0.15) is 0 Å². The molecule has 37 heavy (non-hydrogen) atoms. The van der Waals surface area contributed by atoms with E-state index in [-0.39, 0.29) is 32.6 Å². The molecule has 0 atom stereocenters. The van der Waals surface area contributed by atoms with Crippen LogP contribution < -0.4 is 21.2 Å². The summed E-state index contributed by atoms with van der Waals surface area (Å²) in [7, 11) is -1.58. The molecule has 0 unspecified atom stereocenters. The number of hydrogen-bond donors (Lipinski definition) is 0. The Morgan fingerprint density at radius 1 is 0.514 bits per heavy atom. The van der Waals surface area contributed by atoms with Gasteiger partial charge in [-0.1, -0.05) is 141 Å².